The summed E-state index contributed by atoms with van der Waals surface area (Å²) in [5.41, 5.74) is 1.69. The maximum atomic E-state index is 12.1. The van der Waals surface area contributed by atoms with Crippen LogP contribution in [0.4, 0.5) is 5.69 Å². The van der Waals surface area contributed by atoms with Gasteiger partial charge in [-0.2, -0.15) is 0 Å². The van der Waals surface area contributed by atoms with Crippen LogP contribution >= 0.6 is 0 Å². The van der Waals surface area contributed by atoms with Gasteiger partial charge in [-0.3, -0.25) is 9.10 Å². The van der Waals surface area contributed by atoms with Crippen molar-refractivity contribution in [2.45, 2.75) is 39.2 Å². The number of amides is 1. The number of carbonyl (C=O) groups is 2. The molecule has 25 heavy (non-hydrogen) atoms. The van der Waals surface area contributed by atoms with Gasteiger partial charge in [0.25, 0.3) is 5.91 Å². The lowest BCUT2D eigenvalue weighted by molar-refractivity contribution is -0.124. The second-order valence-corrected chi connectivity index (χ2v) is 8.14. The first-order valence-corrected chi connectivity index (χ1v) is 10.1. The van der Waals surface area contributed by atoms with E-state index in [9.17, 15) is 18.0 Å². The third-order valence-corrected chi connectivity index (χ3v) is 5.33. The van der Waals surface area contributed by atoms with Crippen LogP contribution in [0.25, 0.3) is 0 Å². The van der Waals surface area contributed by atoms with Crippen molar-refractivity contribution in [1.82, 2.24) is 5.32 Å². The van der Waals surface area contributed by atoms with E-state index in [4.69, 9.17) is 4.74 Å². The van der Waals surface area contributed by atoms with Crippen molar-refractivity contribution in [2.75, 3.05) is 23.7 Å². The number of rotatable bonds is 6. The molecule has 0 aliphatic carbocycles. The Bertz CT molecular complexity index is 760. The number of nitrogens with zero attached hydrogens (tertiary/aromatic N) is 1. The Balaban J connectivity index is 2.06. The zero-order chi connectivity index (χ0) is 18.6. The van der Waals surface area contributed by atoms with Crippen LogP contribution in [0.2, 0.25) is 0 Å². The SMILES string of the molecule is CC[C@H](C)NC(=O)COC(=O)c1ccc2c(c1)CCCN2S(C)(=O)=O. The van der Waals surface area contributed by atoms with Gasteiger partial charge in [0.2, 0.25) is 10.0 Å². The van der Waals surface area contributed by atoms with E-state index in [0.717, 1.165) is 12.0 Å². The van der Waals surface area contributed by atoms with Crippen LogP contribution in [-0.2, 0) is 26.0 Å². The van der Waals surface area contributed by atoms with Crippen molar-refractivity contribution in [2.24, 2.45) is 0 Å². The molecule has 1 heterocycles. The van der Waals surface area contributed by atoms with Crippen molar-refractivity contribution in [3.8, 4) is 0 Å². The molecular formula is C17H24N2O5S. The molecule has 2 rings (SSSR count). The number of anilines is 1. The van der Waals surface area contributed by atoms with E-state index in [0.29, 0.717) is 30.6 Å². The summed E-state index contributed by atoms with van der Waals surface area (Å²) < 4.78 is 30.1. The van der Waals surface area contributed by atoms with Gasteiger partial charge in [0.1, 0.15) is 0 Å². The minimum atomic E-state index is -3.34. The Labute approximate surface area is 148 Å². The van der Waals surface area contributed by atoms with Gasteiger partial charge in [0.05, 0.1) is 17.5 Å². The quantitative estimate of drug-likeness (QED) is 0.768. The Morgan fingerprint density at radius 3 is 2.72 bits per heavy atom. The van der Waals surface area contributed by atoms with Crippen LogP contribution in [0, 0.1) is 0 Å². The van der Waals surface area contributed by atoms with Gasteiger partial charge < -0.3 is 10.1 Å². The van der Waals surface area contributed by atoms with E-state index in [1.54, 1.807) is 12.1 Å². The van der Waals surface area contributed by atoms with Crippen molar-refractivity contribution >= 4 is 27.6 Å². The van der Waals surface area contributed by atoms with Crippen LogP contribution in [0.3, 0.4) is 0 Å². The molecule has 0 radical (unpaired) electrons. The smallest absolute Gasteiger partial charge is 0.338 e. The zero-order valence-corrected chi connectivity index (χ0v) is 15.6. The molecule has 0 saturated heterocycles. The van der Waals surface area contributed by atoms with Crippen LogP contribution in [-0.4, -0.2) is 45.7 Å². The molecule has 1 N–H and O–H groups in total. The molecule has 0 aromatic heterocycles. The van der Waals surface area contributed by atoms with Crippen LogP contribution in [0.15, 0.2) is 18.2 Å². The lowest BCUT2D eigenvalue weighted by Gasteiger charge is -2.29. The molecule has 8 heteroatoms. The fraction of sp³-hybridized carbons (Fsp3) is 0.529. The number of benzene rings is 1. The minimum Gasteiger partial charge on any atom is -0.452 e. The van der Waals surface area contributed by atoms with Crippen LogP contribution < -0.4 is 9.62 Å². The topological polar surface area (TPSA) is 92.8 Å². The van der Waals surface area contributed by atoms with Gasteiger partial charge >= 0.3 is 5.97 Å². The number of sulfonamides is 1. The lowest BCUT2D eigenvalue weighted by atomic mass is 10.0. The first kappa shape index (κ1) is 19.2. The predicted molar refractivity (Wildman–Crippen MR) is 95.1 cm³/mol. The number of fused-ring (bicyclic) bond motifs is 1. The van der Waals surface area contributed by atoms with E-state index < -0.39 is 16.0 Å². The summed E-state index contributed by atoms with van der Waals surface area (Å²) in [6, 6.07) is 4.81. The number of aryl methyl sites for hydroxylation is 1. The van der Waals surface area contributed by atoms with Gasteiger partial charge in [-0.25, -0.2) is 13.2 Å². The molecule has 1 aliphatic heterocycles. The first-order valence-electron chi connectivity index (χ1n) is 8.29. The number of carbonyl (C=O) groups excluding carboxylic acids is 2. The molecule has 1 atom stereocenters. The molecule has 0 saturated carbocycles. The normalized spacial score (nSPS) is 15.2. The summed E-state index contributed by atoms with van der Waals surface area (Å²) in [6.45, 7) is 3.92. The molecule has 7 nitrogen and oxygen atoms in total. The van der Waals surface area contributed by atoms with E-state index in [-0.39, 0.29) is 18.6 Å². The first-order chi connectivity index (χ1) is 11.7. The largest absolute Gasteiger partial charge is 0.452 e. The Morgan fingerprint density at radius 2 is 2.08 bits per heavy atom. The maximum absolute atomic E-state index is 12.1. The molecule has 138 valence electrons. The Kier molecular flexibility index (Phi) is 6.05. The highest BCUT2D eigenvalue weighted by Crippen LogP contribution is 2.30. The highest BCUT2D eigenvalue weighted by Gasteiger charge is 2.25. The second kappa shape index (κ2) is 7.86. The van der Waals surface area contributed by atoms with Gasteiger partial charge in [-0.15, -0.1) is 0 Å². The molecule has 1 amide bonds. The third-order valence-electron chi connectivity index (χ3n) is 4.15. The lowest BCUT2D eigenvalue weighted by Crippen LogP contribution is -2.35. The highest BCUT2D eigenvalue weighted by molar-refractivity contribution is 7.92. The summed E-state index contributed by atoms with van der Waals surface area (Å²) in [7, 11) is -3.34. The van der Waals surface area contributed by atoms with Crippen LogP contribution in [0.5, 0.6) is 0 Å². The molecule has 0 spiro atoms. The van der Waals surface area contributed by atoms with Crippen molar-refractivity contribution in [3.63, 3.8) is 0 Å². The standard InChI is InChI=1S/C17H24N2O5S/c1-4-12(2)18-16(20)11-24-17(21)14-7-8-15-13(10-14)6-5-9-19(15)25(3,22)23/h7-8,10,12H,4-6,9,11H2,1-3H3,(H,18,20)/t12-/m0/s1. The molecule has 1 aromatic carbocycles. The molecular weight excluding hydrogens is 344 g/mol. The minimum absolute atomic E-state index is 0.0249. The summed E-state index contributed by atoms with van der Waals surface area (Å²) in [5, 5.41) is 2.72. The predicted octanol–water partition coefficient (Wildman–Crippen LogP) is 1.47. The van der Waals surface area contributed by atoms with E-state index in [1.807, 2.05) is 13.8 Å². The van der Waals surface area contributed by atoms with Crippen molar-refractivity contribution in [1.29, 1.82) is 0 Å². The maximum Gasteiger partial charge on any atom is 0.338 e. The molecule has 0 fully saturated rings. The average molecular weight is 368 g/mol. The van der Waals surface area contributed by atoms with Crippen molar-refractivity contribution < 1.29 is 22.7 Å². The number of hydrogen-bond acceptors (Lipinski definition) is 5. The summed E-state index contributed by atoms with van der Waals surface area (Å²) in [5.74, 6) is -0.942. The van der Waals surface area contributed by atoms with Crippen LogP contribution in [0.1, 0.15) is 42.6 Å². The number of esters is 1. The average Bonchev–Trinajstić information content (AvgIpc) is 2.57. The molecule has 0 bridgehead atoms. The van der Waals surface area contributed by atoms with Crippen molar-refractivity contribution in [3.05, 3.63) is 29.3 Å². The van der Waals surface area contributed by atoms with Gasteiger partial charge in [0.15, 0.2) is 6.61 Å². The van der Waals surface area contributed by atoms with E-state index >= 15 is 0 Å². The van der Waals surface area contributed by atoms with E-state index in [1.165, 1.54) is 16.6 Å². The number of ether oxygens (including phenoxy) is 1. The third kappa shape index (κ3) is 4.94. The van der Waals surface area contributed by atoms with E-state index in [2.05, 4.69) is 5.32 Å². The molecule has 1 aromatic rings. The Hall–Kier alpha value is -2.09. The fourth-order valence-electron chi connectivity index (χ4n) is 2.67. The molecule has 1 aliphatic rings. The summed E-state index contributed by atoms with van der Waals surface area (Å²) in [6.07, 6.45) is 3.34. The highest BCUT2D eigenvalue weighted by atomic mass is 32.2. The van der Waals surface area contributed by atoms with Gasteiger partial charge in [0, 0.05) is 12.6 Å². The summed E-state index contributed by atoms with van der Waals surface area (Å²) >= 11 is 0. The fourth-order valence-corrected chi connectivity index (χ4v) is 3.66. The number of hydrogen-bond donors (Lipinski definition) is 1. The molecule has 0 unspecified atom stereocenters. The second-order valence-electron chi connectivity index (χ2n) is 6.24. The monoisotopic (exact) mass is 368 g/mol. The van der Waals surface area contributed by atoms with Gasteiger partial charge in [-0.1, -0.05) is 6.92 Å². The zero-order valence-electron chi connectivity index (χ0n) is 14.7. The summed E-state index contributed by atoms with van der Waals surface area (Å²) in [4.78, 5) is 23.8. The van der Waals surface area contributed by atoms with Gasteiger partial charge in [-0.05, 0) is 49.9 Å². The number of nitrogens with one attached hydrogen (secondary N) is 1. The Morgan fingerprint density at radius 1 is 1.36 bits per heavy atom.